The van der Waals surface area contributed by atoms with Crippen molar-refractivity contribution in [1.29, 1.82) is 0 Å². The number of carbonyl (C=O) groups excluding carboxylic acids is 3. The van der Waals surface area contributed by atoms with Crippen molar-refractivity contribution in [1.82, 2.24) is 4.90 Å². The van der Waals surface area contributed by atoms with E-state index in [2.05, 4.69) is 5.32 Å². The summed E-state index contributed by atoms with van der Waals surface area (Å²) in [6.45, 7) is 0.407. The number of benzene rings is 3. The molecule has 2 aliphatic rings. The Bertz CT molecular complexity index is 1420. The Kier molecular flexibility index (Phi) is 7.69. The SMILES string of the molecule is COC(=O)c1ccc(NC(=O)C2CC(=O)N(Cc3ccc4c(c3)OCO4)C(=Nc3ccc(OC)cc3)S2)cc1. The summed E-state index contributed by atoms with van der Waals surface area (Å²) in [4.78, 5) is 44.5. The standard InChI is InChI=1S/C28H25N3O7S/c1-35-21-10-8-20(9-11-21)30-28-31(15-17-3-12-22-23(13-17)38-16-37-22)25(32)14-24(39-28)26(33)29-19-6-4-18(5-7-19)27(34)36-2/h3-13,24H,14-16H2,1-2H3,(H,29,33). The Morgan fingerprint density at radius 1 is 1.03 bits per heavy atom. The molecule has 11 heteroatoms. The summed E-state index contributed by atoms with van der Waals surface area (Å²) in [5.41, 5.74) is 2.31. The van der Waals surface area contributed by atoms with E-state index in [1.165, 1.54) is 18.9 Å². The number of anilines is 1. The minimum absolute atomic E-state index is 0.0110. The smallest absolute Gasteiger partial charge is 0.337 e. The van der Waals surface area contributed by atoms with Gasteiger partial charge in [0.15, 0.2) is 16.7 Å². The number of esters is 1. The molecule has 0 aliphatic carbocycles. The van der Waals surface area contributed by atoms with Gasteiger partial charge in [0, 0.05) is 12.1 Å². The van der Waals surface area contributed by atoms with Crippen LogP contribution >= 0.6 is 11.8 Å². The van der Waals surface area contributed by atoms with Gasteiger partial charge in [0.1, 0.15) is 11.0 Å². The van der Waals surface area contributed by atoms with Crippen LogP contribution < -0.4 is 19.5 Å². The van der Waals surface area contributed by atoms with Crippen LogP contribution in [0, 0.1) is 0 Å². The first kappa shape index (κ1) is 26.1. The van der Waals surface area contributed by atoms with Crippen LogP contribution in [-0.4, -0.2) is 54.1 Å². The molecule has 0 saturated carbocycles. The van der Waals surface area contributed by atoms with E-state index >= 15 is 0 Å². The lowest BCUT2D eigenvalue weighted by molar-refractivity contribution is -0.129. The zero-order valence-corrected chi connectivity index (χ0v) is 22.0. The van der Waals surface area contributed by atoms with Crippen LogP contribution in [0.5, 0.6) is 17.2 Å². The number of amides is 2. The number of nitrogens with one attached hydrogen (secondary N) is 1. The van der Waals surface area contributed by atoms with Crippen LogP contribution in [0.1, 0.15) is 22.3 Å². The molecule has 2 amide bonds. The van der Waals surface area contributed by atoms with Crippen molar-refractivity contribution >= 4 is 46.1 Å². The van der Waals surface area contributed by atoms with Crippen LogP contribution in [0.4, 0.5) is 11.4 Å². The number of methoxy groups -OCH3 is 2. The normalized spacial score (nSPS) is 17.2. The number of nitrogens with zero attached hydrogens (tertiary/aromatic N) is 2. The number of thioether (sulfide) groups is 1. The Morgan fingerprint density at radius 3 is 2.49 bits per heavy atom. The second-order valence-corrected chi connectivity index (χ2v) is 9.80. The number of amidine groups is 1. The fraction of sp³-hybridized carbons (Fsp3) is 0.214. The summed E-state index contributed by atoms with van der Waals surface area (Å²) in [5.74, 6) is 0.904. The molecule has 5 rings (SSSR count). The highest BCUT2D eigenvalue weighted by atomic mass is 32.2. The van der Waals surface area contributed by atoms with Gasteiger partial charge >= 0.3 is 5.97 Å². The molecule has 1 saturated heterocycles. The van der Waals surface area contributed by atoms with E-state index in [9.17, 15) is 14.4 Å². The van der Waals surface area contributed by atoms with E-state index in [-0.39, 0.29) is 31.6 Å². The van der Waals surface area contributed by atoms with E-state index in [0.717, 1.165) is 5.56 Å². The van der Waals surface area contributed by atoms with E-state index in [4.69, 9.17) is 23.9 Å². The first-order chi connectivity index (χ1) is 18.9. The van der Waals surface area contributed by atoms with Gasteiger partial charge in [-0.05, 0) is 66.2 Å². The van der Waals surface area contributed by atoms with Gasteiger partial charge in [-0.1, -0.05) is 17.8 Å². The molecule has 0 spiro atoms. The third-order valence-corrected chi connectivity index (χ3v) is 7.27. The van der Waals surface area contributed by atoms with Crippen LogP contribution in [0.2, 0.25) is 0 Å². The molecule has 39 heavy (non-hydrogen) atoms. The van der Waals surface area contributed by atoms with Crippen molar-refractivity contribution in [3.8, 4) is 17.2 Å². The molecule has 1 N–H and O–H groups in total. The fourth-order valence-corrected chi connectivity index (χ4v) is 5.11. The van der Waals surface area contributed by atoms with E-state index in [1.54, 1.807) is 66.6 Å². The van der Waals surface area contributed by atoms with Gasteiger partial charge in [-0.25, -0.2) is 9.79 Å². The quantitative estimate of drug-likeness (QED) is 0.434. The number of carbonyl (C=O) groups is 3. The summed E-state index contributed by atoms with van der Waals surface area (Å²) < 4.78 is 20.8. The molecule has 1 atom stereocenters. The Balaban J connectivity index is 1.37. The second-order valence-electron chi connectivity index (χ2n) is 8.63. The maximum absolute atomic E-state index is 13.4. The number of fused-ring (bicyclic) bond motifs is 1. The fourth-order valence-electron chi connectivity index (χ4n) is 4.02. The molecule has 0 bridgehead atoms. The monoisotopic (exact) mass is 547 g/mol. The molecular formula is C28H25N3O7S. The molecule has 10 nitrogen and oxygen atoms in total. The van der Waals surface area contributed by atoms with Crippen LogP contribution in [0.15, 0.2) is 71.7 Å². The van der Waals surface area contributed by atoms with Gasteiger partial charge < -0.3 is 24.3 Å². The summed E-state index contributed by atoms with van der Waals surface area (Å²) in [6.07, 6.45) is -0.0110. The van der Waals surface area contributed by atoms with E-state index in [1.807, 2.05) is 12.1 Å². The van der Waals surface area contributed by atoms with Gasteiger partial charge in [-0.15, -0.1) is 0 Å². The minimum atomic E-state index is -0.706. The maximum atomic E-state index is 13.4. The largest absolute Gasteiger partial charge is 0.497 e. The Labute approximate surface area is 228 Å². The highest BCUT2D eigenvalue weighted by Crippen LogP contribution is 2.35. The minimum Gasteiger partial charge on any atom is -0.497 e. The van der Waals surface area contributed by atoms with E-state index in [0.29, 0.717) is 39.4 Å². The van der Waals surface area contributed by atoms with Gasteiger partial charge in [0.25, 0.3) is 0 Å². The summed E-state index contributed by atoms with van der Waals surface area (Å²) in [5, 5.41) is 2.52. The first-order valence-corrected chi connectivity index (χ1v) is 12.9. The van der Waals surface area contributed by atoms with Crippen molar-refractivity contribution in [3.63, 3.8) is 0 Å². The predicted molar refractivity (Wildman–Crippen MR) is 146 cm³/mol. The van der Waals surface area contributed by atoms with Crippen LogP contribution in [0.25, 0.3) is 0 Å². The van der Waals surface area contributed by atoms with Gasteiger partial charge in [-0.2, -0.15) is 0 Å². The lowest BCUT2D eigenvalue weighted by atomic mass is 10.1. The molecule has 200 valence electrons. The van der Waals surface area contributed by atoms with Crippen LogP contribution in [0.3, 0.4) is 0 Å². The molecule has 2 heterocycles. The molecule has 1 unspecified atom stereocenters. The van der Waals surface area contributed by atoms with Crippen molar-refractivity contribution in [3.05, 3.63) is 77.9 Å². The number of aliphatic imine (C=N–C) groups is 1. The number of rotatable bonds is 7. The lowest BCUT2D eigenvalue weighted by Crippen LogP contribution is -2.44. The summed E-state index contributed by atoms with van der Waals surface area (Å²) in [7, 11) is 2.88. The second kappa shape index (κ2) is 11.5. The van der Waals surface area contributed by atoms with Crippen molar-refractivity contribution in [2.75, 3.05) is 26.3 Å². The molecule has 0 aromatic heterocycles. The molecule has 2 aliphatic heterocycles. The van der Waals surface area contributed by atoms with Crippen LogP contribution in [-0.2, 0) is 20.9 Å². The molecule has 3 aromatic rings. The summed E-state index contributed by atoms with van der Waals surface area (Å²) in [6, 6.07) is 19.0. The van der Waals surface area contributed by atoms with Crippen molar-refractivity contribution < 1.29 is 33.3 Å². The van der Waals surface area contributed by atoms with Gasteiger partial charge in [-0.3, -0.25) is 14.5 Å². The first-order valence-electron chi connectivity index (χ1n) is 12.0. The Hall–Kier alpha value is -4.51. The van der Waals surface area contributed by atoms with Crippen molar-refractivity contribution in [2.24, 2.45) is 4.99 Å². The zero-order valence-electron chi connectivity index (χ0n) is 21.2. The Morgan fingerprint density at radius 2 is 1.77 bits per heavy atom. The number of hydrogen-bond donors (Lipinski definition) is 1. The number of ether oxygens (including phenoxy) is 4. The maximum Gasteiger partial charge on any atom is 0.337 e. The average molecular weight is 548 g/mol. The van der Waals surface area contributed by atoms with E-state index < -0.39 is 11.2 Å². The third-order valence-electron chi connectivity index (χ3n) is 6.08. The molecule has 3 aromatic carbocycles. The number of hydrogen-bond acceptors (Lipinski definition) is 9. The molecule has 1 fully saturated rings. The lowest BCUT2D eigenvalue weighted by Gasteiger charge is -2.32. The van der Waals surface area contributed by atoms with Crippen molar-refractivity contribution in [2.45, 2.75) is 18.2 Å². The topological polar surface area (TPSA) is 116 Å². The summed E-state index contributed by atoms with van der Waals surface area (Å²) >= 11 is 1.21. The third kappa shape index (κ3) is 5.99. The average Bonchev–Trinajstić information content (AvgIpc) is 3.43. The highest BCUT2D eigenvalue weighted by Gasteiger charge is 2.36. The zero-order chi connectivity index (χ0) is 27.4. The predicted octanol–water partition coefficient (Wildman–Crippen LogP) is 4.37. The molecule has 0 radical (unpaired) electrons. The van der Waals surface area contributed by atoms with Gasteiger partial charge in [0.05, 0.1) is 32.0 Å². The van der Waals surface area contributed by atoms with Gasteiger partial charge in [0.2, 0.25) is 18.6 Å². The molecular weight excluding hydrogens is 522 g/mol. The highest BCUT2D eigenvalue weighted by molar-refractivity contribution is 8.15.